The molecule has 0 bridgehead atoms. The van der Waals surface area contributed by atoms with Crippen molar-refractivity contribution in [2.75, 3.05) is 11.5 Å². The molecule has 1 saturated heterocycles. The third-order valence-electron chi connectivity index (χ3n) is 3.59. The SMILES string of the molecule is Cc1cccc(CNC2CSCCC2(C)C)n1. The number of nitrogens with one attached hydrogen (secondary N) is 1. The van der Waals surface area contributed by atoms with Crippen molar-refractivity contribution in [3.8, 4) is 0 Å². The van der Waals surface area contributed by atoms with E-state index in [0.717, 1.165) is 17.9 Å². The Bertz CT molecular complexity index is 376. The lowest BCUT2D eigenvalue weighted by Crippen LogP contribution is -2.46. The lowest BCUT2D eigenvalue weighted by Gasteiger charge is -2.38. The highest BCUT2D eigenvalue weighted by Gasteiger charge is 2.31. The van der Waals surface area contributed by atoms with Crippen LogP contribution in [0.2, 0.25) is 0 Å². The summed E-state index contributed by atoms with van der Waals surface area (Å²) >= 11 is 2.06. The van der Waals surface area contributed by atoms with E-state index in [1.807, 2.05) is 13.0 Å². The van der Waals surface area contributed by atoms with Crippen molar-refractivity contribution in [1.29, 1.82) is 0 Å². The summed E-state index contributed by atoms with van der Waals surface area (Å²) in [4.78, 5) is 4.54. The molecule has 94 valence electrons. The minimum Gasteiger partial charge on any atom is -0.307 e. The zero-order valence-corrected chi connectivity index (χ0v) is 11.8. The van der Waals surface area contributed by atoms with E-state index in [2.05, 4.69) is 48.0 Å². The highest BCUT2D eigenvalue weighted by atomic mass is 32.2. The van der Waals surface area contributed by atoms with E-state index in [4.69, 9.17) is 0 Å². The molecule has 2 heterocycles. The summed E-state index contributed by atoms with van der Waals surface area (Å²) in [6, 6.07) is 6.83. The predicted octanol–water partition coefficient (Wildman–Crippen LogP) is 3.01. The summed E-state index contributed by atoms with van der Waals surface area (Å²) in [6.07, 6.45) is 1.30. The molecule has 0 spiro atoms. The Balaban J connectivity index is 1.93. The van der Waals surface area contributed by atoms with Crippen molar-refractivity contribution in [2.24, 2.45) is 5.41 Å². The van der Waals surface area contributed by atoms with Crippen LogP contribution in [-0.4, -0.2) is 22.5 Å². The zero-order chi connectivity index (χ0) is 12.3. The third kappa shape index (κ3) is 3.46. The Hall–Kier alpha value is -0.540. The molecule has 0 aromatic carbocycles. The molecule has 3 heteroatoms. The largest absolute Gasteiger partial charge is 0.307 e. The third-order valence-corrected chi connectivity index (χ3v) is 4.66. The molecule has 0 saturated carbocycles. The van der Waals surface area contributed by atoms with Crippen LogP contribution >= 0.6 is 11.8 Å². The van der Waals surface area contributed by atoms with Gasteiger partial charge in [-0.25, -0.2) is 0 Å². The molecule has 1 unspecified atom stereocenters. The van der Waals surface area contributed by atoms with Crippen molar-refractivity contribution in [3.05, 3.63) is 29.6 Å². The first kappa shape index (κ1) is 12.9. The summed E-state index contributed by atoms with van der Waals surface area (Å²) in [5.74, 6) is 2.52. The molecule has 1 N–H and O–H groups in total. The van der Waals surface area contributed by atoms with Gasteiger partial charge in [0.15, 0.2) is 0 Å². The molecule has 1 aliphatic rings. The van der Waals surface area contributed by atoms with Gasteiger partial charge >= 0.3 is 0 Å². The van der Waals surface area contributed by atoms with Gasteiger partial charge in [0.1, 0.15) is 0 Å². The molecule has 1 aromatic rings. The van der Waals surface area contributed by atoms with Gasteiger partial charge < -0.3 is 5.32 Å². The molecule has 2 rings (SSSR count). The molecule has 1 fully saturated rings. The van der Waals surface area contributed by atoms with Crippen LogP contribution in [0.15, 0.2) is 18.2 Å². The lowest BCUT2D eigenvalue weighted by molar-refractivity contribution is 0.244. The first-order valence-electron chi connectivity index (χ1n) is 6.31. The summed E-state index contributed by atoms with van der Waals surface area (Å²) in [5, 5.41) is 3.67. The minimum absolute atomic E-state index is 0.412. The summed E-state index contributed by atoms with van der Waals surface area (Å²) in [7, 11) is 0. The van der Waals surface area contributed by atoms with E-state index < -0.39 is 0 Å². The van der Waals surface area contributed by atoms with Crippen LogP contribution in [0.5, 0.6) is 0 Å². The van der Waals surface area contributed by atoms with E-state index in [9.17, 15) is 0 Å². The van der Waals surface area contributed by atoms with Crippen LogP contribution in [0.3, 0.4) is 0 Å². The van der Waals surface area contributed by atoms with Gasteiger partial charge in [0, 0.05) is 24.0 Å². The van der Waals surface area contributed by atoms with Crippen LogP contribution in [0, 0.1) is 12.3 Å². The van der Waals surface area contributed by atoms with Gasteiger partial charge in [0.2, 0.25) is 0 Å². The van der Waals surface area contributed by atoms with Crippen molar-refractivity contribution < 1.29 is 0 Å². The van der Waals surface area contributed by atoms with Gasteiger partial charge in [-0.05, 0) is 36.6 Å². The molecular formula is C14H22N2S. The number of rotatable bonds is 3. The Labute approximate surface area is 109 Å². The highest BCUT2D eigenvalue weighted by molar-refractivity contribution is 7.99. The van der Waals surface area contributed by atoms with Crippen LogP contribution < -0.4 is 5.32 Å². The van der Waals surface area contributed by atoms with Crippen LogP contribution in [-0.2, 0) is 6.54 Å². The van der Waals surface area contributed by atoms with Gasteiger partial charge in [-0.2, -0.15) is 11.8 Å². The average Bonchev–Trinajstić information content (AvgIpc) is 2.27. The predicted molar refractivity (Wildman–Crippen MR) is 75.3 cm³/mol. The molecule has 1 aliphatic heterocycles. The fraction of sp³-hybridized carbons (Fsp3) is 0.643. The zero-order valence-electron chi connectivity index (χ0n) is 11.0. The fourth-order valence-electron chi connectivity index (χ4n) is 2.20. The van der Waals surface area contributed by atoms with Crippen LogP contribution in [0.4, 0.5) is 0 Å². The number of aryl methyl sites for hydroxylation is 1. The Morgan fingerprint density at radius 1 is 1.47 bits per heavy atom. The molecule has 1 atom stereocenters. The van der Waals surface area contributed by atoms with Crippen molar-refractivity contribution >= 4 is 11.8 Å². The van der Waals surface area contributed by atoms with E-state index in [0.29, 0.717) is 11.5 Å². The van der Waals surface area contributed by atoms with Crippen LogP contribution in [0.25, 0.3) is 0 Å². The van der Waals surface area contributed by atoms with Crippen LogP contribution in [0.1, 0.15) is 31.7 Å². The first-order valence-corrected chi connectivity index (χ1v) is 7.47. The number of pyridine rings is 1. The maximum absolute atomic E-state index is 4.54. The standard InChI is InChI=1S/C14H22N2S/c1-11-5-4-6-12(16-11)9-15-13-10-17-8-7-14(13,2)3/h4-6,13,15H,7-10H2,1-3H3. The van der Waals surface area contributed by atoms with Gasteiger partial charge in [-0.15, -0.1) is 0 Å². The monoisotopic (exact) mass is 250 g/mol. The number of nitrogens with zero attached hydrogens (tertiary/aromatic N) is 1. The Morgan fingerprint density at radius 3 is 3.00 bits per heavy atom. The molecule has 0 amide bonds. The lowest BCUT2D eigenvalue weighted by atomic mass is 9.82. The molecule has 1 aromatic heterocycles. The van der Waals surface area contributed by atoms with Gasteiger partial charge in [-0.3, -0.25) is 4.98 Å². The Morgan fingerprint density at radius 2 is 2.29 bits per heavy atom. The average molecular weight is 250 g/mol. The second-order valence-corrected chi connectivity index (χ2v) is 6.67. The van der Waals surface area contributed by atoms with Crippen molar-refractivity contribution in [2.45, 2.75) is 39.8 Å². The van der Waals surface area contributed by atoms with E-state index >= 15 is 0 Å². The molecule has 2 nitrogen and oxygen atoms in total. The fourth-order valence-corrected chi connectivity index (χ4v) is 3.84. The normalized spacial score (nSPS) is 23.6. The smallest absolute Gasteiger partial charge is 0.0544 e. The summed E-state index contributed by atoms with van der Waals surface area (Å²) in [6.45, 7) is 7.67. The van der Waals surface area contributed by atoms with Crippen molar-refractivity contribution in [1.82, 2.24) is 10.3 Å². The molecular weight excluding hydrogens is 228 g/mol. The second kappa shape index (κ2) is 5.40. The highest BCUT2D eigenvalue weighted by Crippen LogP contribution is 2.34. The number of hydrogen-bond donors (Lipinski definition) is 1. The van der Waals surface area contributed by atoms with Gasteiger partial charge in [0.05, 0.1) is 5.69 Å². The minimum atomic E-state index is 0.412. The Kier molecular flexibility index (Phi) is 4.10. The topological polar surface area (TPSA) is 24.9 Å². The number of aromatic nitrogens is 1. The molecule has 17 heavy (non-hydrogen) atoms. The maximum atomic E-state index is 4.54. The molecule has 0 aliphatic carbocycles. The molecule has 0 radical (unpaired) electrons. The van der Waals surface area contributed by atoms with Gasteiger partial charge in [-0.1, -0.05) is 19.9 Å². The maximum Gasteiger partial charge on any atom is 0.0544 e. The second-order valence-electron chi connectivity index (χ2n) is 5.52. The summed E-state index contributed by atoms with van der Waals surface area (Å²) in [5.41, 5.74) is 2.66. The summed E-state index contributed by atoms with van der Waals surface area (Å²) < 4.78 is 0. The van der Waals surface area contributed by atoms with E-state index in [1.165, 1.54) is 17.9 Å². The van der Waals surface area contributed by atoms with Gasteiger partial charge in [0.25, 0.3) is 0 Å². The van der Waals surface area contributed by atoms with E-state index in [-0.39, 0.29) is 0 Å². The van der Waals surface area contributed by atoms with E-state index in [1.54, 1.807) is 0 Å². The van der Waals surface area contributed by atoms with Crippen molar-refractivity contribution in [3.63, 3.8) is 0 Å². The first-order chi connectivity index (χ1) is 8.08. The quantitative estimate of drug-likeness (QED) is 0.892. The number of thioether (sulfide) groups is 1. The number of hydrogen-bond acceptors (Lipinski definition) is 3.